The number of rotatable bonds is 9. The van der Waals surface area contributed by atoms with Crippen molar-refractivity contribution in [1.29, 1.82) is 0 Å². The molecule has 1 aromatic carbocycles. The molecule has 5 nitrogen and oxygen atoms in total. The standard InChI is InChI=1S/C16H23NO4/c1-12(16(20)21)11-17(10-6-9-15(18)19)13(2)14-7-4-3-5-8-14/h3-5,7-8,12-13H,6,9-11H2,1-2H3,(H,18,19)(H,20,21). The van der Waals surface area contributed by atoms with E-state index in [1.165, 1.54) is 0 Å². The number of carboxylic acid groups (broad SMARTS) is 2. The van der Waals surface area contributed by atoms with Crippen molar-refractivity contribution in [2.45, 2.75) is 32.7 Å². The topological polar surface area (TPSA) is 77.8 Å². The fourth-order valence-corrected chi connectivity index (χ4v) is 2.25. The maximum Gasteiger partial charge on any atom is 0.307 e. The normalized spacial score (nSPS) is 13.9. The highest BCUT2D eigenvalue weighted by molar-refractivity contribution is 5.69. The van der Waals surface area contributed by atoms with E-state index in [-0.39, 0.29) is 12.5 Å². The van der Waals surface area contributed by atoms with Gasteiger partial charge in [-0.3, -0.25) is 14.5 Å². The third kappa shape index (κ3) is 5.95. The summed E-state index contributed by atoms with van der Waals surface area (Å²) in [5, 5.41) is 17.8. The maximum atomic E-state index is 11.1. The quantitative estimate of drug-likeness (QED) is 0.732. The molecule has 0 fully saturated rings. The van der Waals surface area contributed by atoms with Crippen molar-refractivity contribution in [2.75, 3.05) is 13.1 Å². The first-order valence-electron chi connectivity index (χ1n) is 7.15. The highest BCUT2D eigenvalue weighted by atomic mass is 16.4. The fourth-order valence-electron chi connectivity index (χ4n) is 2.25. The Morgan fingerprint density at radius 1 is 1.14 bits per heavy atom. The Bertz CT molecular complexity index is 461. The van der Waals surface area contributed by atoms with Crippen molar-refractivity contribution >= 4 is 11.9 Å². The van der Waals surface area contributed by atoms with Gasteiger partial charge in [0.25, 0.3) is 0 Å². The highest BCUT2D eigenvalue weighted by Crippen LogP contribution is 2.21. The second-order valence-electron chi connectivity index (χ2n) is 5.32. The lowest BCUT2D eigenvalue weighted by molar-refractivity contribution is -0.142. The van der Waals surface area contributed by atoms with Gasteiger partial charge in [-0.1, -0.05) is 37.3 Å². The minimum Gasteiger partial charge on any atom is -0.481 e. The Kier molecular flexibility index (Phi) is 6.88. The Balaban J connectivity index is 2.74. The molecule has 116 valence electrons. The molecule has 2 unspecified atom stereocenters. The largest absolute Gasteiger partial charge is 0.481 e. The molecule has 0 aliphatic heterocycles. The van der Waals surface area contributed by atoms with Crippen LogP contribution in [0.5, 0.6) is 0 Å². The van der Waals surface area contributed by atoms with Gasteiger partial charge >= 0.3 is 11.9 Å². The third-order valence-corrected chi connectivity index (χ3v) is 3.60. The van der Waals surface area contributed by atoms with Gasteiger partial charge in [-0.15, -0.1) is 0 Å². The molecule has 0 aliphatic carbocycles. The summed E-state index contributed by atoms with van der Waals surface area (Å²) >= 11 is 0. The van der Waals surface area contributed by atoms with Crippen LogP contribution in [0.25, 0.3) is 0 Å². The molecule has 1 aromatic rings. The molecule has 0 amide bonds. The van der Waals surface area contributed by atoms with Gasteiger partial charge in [0.05, 0.1) is 5.92 Å². The summed E-state index contributed by atoms with van der Waals surface area (Å²) in [5.41, 5.74) is 1.10. The lowest BCUT2D eigenvalue weighted by Gasteiger charge is -2.30. The maximum absolute atomic E-state index is 11.1. The number of benzene rings is 1. The second kappa shape index (κ2) is 8.42. The summed E-state index contributed by atoms with van der Waals surface area (Å²) in [6.45, 7) is 4.67. The molecule has 1 rings (SSSR count). The third-order valence-electron chi connectivity index (χ3n) is 3.60. The van der Waals surface area contributed by atoms with E-state index in [4.69, 9.17) is 10.2 Å². The number of aliphatic carboxylic acids is 2. The first-order valence-corrected chi connectivity index (χ1v) is 7.15. The molecule has 0 aliphatic rings. The van der Waals surface area contributed by atoms with Crippen molar-refractivity contribution in [2.24, 2.45) is 5.92 Å². The summed E-state index contributed by atoms with van der Waals surface area (Å²) in [4.78, 5) is 23.7. The summed E-state index contributed by atoms with van der Waals surface area (Å²) in [5.74, 6) is -2.15. The van der Waals surface area contributed by atoms with Gasteiger partial charge in [0.1, 0.15) is 0 Å². The van der Waals surface area contributed by atoms with Crippen LogP contribution < -0.4 is 0 Å². The van der Waals surface area contributed by atoms with Gasteiger partial charge in [-0.2, -0.15) is 0 Å². The fraction of sp³-hybridized carbons (Fsp3) is 0.500. The summed E-state index contributed by atoms with van der Waals surface area (Å²) < 4.78 is 0. The minimum absolute atomic E-state index is 0.0572. The molecule has 21 heavy (non-hydrogen) atoms. The number of carboxylic acids is 2. The van der Waals surface area contributed by atoms with Crippen molar-refractivity contribution in [3.63, 3.8) is 0 Å². The number of nitrogens with zero attached hydrogens (tertiary/aromatic N) is 1. The highest BCUT2D eigenvalue weighted by Gasteiger charge is 2.21. The number of hydrogen-bond acceptors (Lipinski definition) is 3. The van der Waals surface area contributed by atoms with Crippen LogP contribution in [0.2, 0.25) is 0 Å². The molecule has 2 atom stereocenters. The molecule has 0 radical (unpaired) electrons. The summed E-state index contributed by atoms with van der Waals surface area (Å²) in [6, 6.07) is 9.89. The van der Waals surface area contributed by atoms with Crippen LogP contribution in [0.4, 0.5) is 0 Å². The van der Waals surface area contributed by atoms with Gasteiger partial charge < -0.3 is 10.2 Å². The molecule has 2 N–H and O–H groups in total. The van der Waals surface area contributed by atoms with Crippen molar-refractivity contribution in [1.82, 2.24) is 4.90 Å². The first kappa shape index (κ1) is 17.2. The van der Waals surface area contributed by atoms with E-state index in [1.54, 1.807) is 6.92 Å². The number of hydrogen-bond donors (Lipinski definition) is 2. The average Bonchev–Trinajstić information content (AvgIpc) is 2.45. The predicted octanol–water partition coefficient (Wildman–Crippen LogP) is 2.64. The molecule has 0 spiro atoms. The first-order chi connectivity index (χ1) is 9.91. The van der Waals surface area contributed by atoms with E-state index in [0.29, 0.717) is 19.5 Å². The lowest BCUT2D eigenvalue weighted by Crippen LogP contribution is -2.35. The molecule has 0 heterocycles. The Labute approximate surface area is 125 Å². The summed E-state index contributed by atoms with van der Waals surface area (Å²) in [6.07, 6.45) is 0.609. The molecular formula is C16H23NO4. The molecule has 5 heteroatoms. The van der Waals surface area contributed by atoms with Gasteiger partial charge in [0, 0.05) is 19.0 Å². The monoisotopic (exact) mass is 293 g/mol. The van der Waals surface area contributed by atoms with Crippen molar-refractivity contribution in [3.8, 4) is 0 Å². The Morgan fingerprint density at radius 2 is 1.76 bits per heavy atom. The van der Waals surface area contributed by atoms with E-state index in [1.807, 2.05) is 42.2 Å². The van der Waals surface area contributed by atoms with Gasteiger partial charge in [0.2, 0.25) is 0 Å². The van der Waals surface area contributed by atoms with E-state index < -0.39 is 17.9 Å². The molecule has 0 aromatic heterocycles. The van der Waals surface area contributed by atoms with Crippen molar-refractivity contribution < 1.29 is 19.8 Å². The number of carbonyl (C=O) groups is 2. The van der Waals surface area contributed by atoms with E-state index >= 15 is 0 Å². The van der Waals surface area contributed by atoms with Crippen molar-refractivity contribution in [3.05, 3.63) is 35.9 Å². The van der Waals surface area contributed by atoms with Crippen LogP contribution in [0.15, 0.2) is 30.3 Å². The van der Waals surface area contributed by atoms with E-state index in [0.717, 1.165) is 5.56 Å². The second-order valence-corrected chi connectivity index (χ2v) is 5.32. The molecular weight excluding hydrogens is 270 g/mol. The lowest BCUT2D eigenvalue weighted by atomic mass is 10.0. The zero-order valence-corrected chi connectivity index (χ0v) is 12.5. The van der Waals surface area contributed by atoms with Crippen LogP contribution in [-0.4, -0.2) is 40.1 Å². The van der Waals surface area contributed by atoms with Crippen LogP contribution in [0, 0.1) is 5.92 Å². The predicted molar refractivity (Wildman–Crippen MR) is 80.1 cm³/mol. The SMILES string of the molecule is CC(CN(CCCC(=O)O)C(C)c1ccccc1)C(=O)O. The molecule has 0 saturated heterocycles. The minimum atomic E-state index is -0.835. The van der Waals surface area contributed by atoms with E-state index in [9.17, 15) is 9.59 Å². The van der Waals surface area contributed by atoms with Gasteiger partial charge in [-0.25, -0.2) is 0 Å². The van der Waals surface area contributed by atoms with Crippen LogP contribution in [0.3, 0.4) is 0 Å². The van der Waals surface area contributed by atoms with Gasteiger partial charge in [0.15, 0.2) is 0 Å². The van der Waals surface area contributed by atoms with Crippen LogP contribution in [0.1, 0.15) is 38.3 Å². The van der Waals surface area contributed by atoms with Crippen LogP contribution >= 0.6 is 0 Å². The Morgan fingerprint density at radius 3 is 2.29 bits per heavy atom. The zero-order chi connectivity index (χ0) is 15.8. The smallest absolute Gasteiger partial charge is 0.307 e. The average molecular weight is 293 g/mol. The molecule has 0 saturated carbocycles. The zero-order valence-electron chi connectivity index (χ0n) is 12.5. The van der Waals surface area contributed by atoms with Crippen LogP contribution in [-0.2, 0) is 9.59 Å². The Hall–Kier alpha value is -1.88. The summed E-state index contributed by atoms with van der Waals surface area (Å²) in [7, 11) is 0. The molecule has 0 bridgehead atoms. The van der Waals surface area contributed by atoms with Gasteiger partial charge in [-0.05, 0) is 25.5 Å². The van der Waals surface area contributed by atoms with E-state index in [2.05, 4.69) is 0 Å².